The number of nitrogens with one attached hydrogen (secondary N) is 1. The van der Waals surface area contributed by atoms with Gasteiger partial charge in [0.2, 0.25) is 5.91 Å². The van der Waals surface area contributed by atoms with Crippen LogP contribution in [0.5, 0.6) is 0 Å². The third-order valence-electron chi connectivity index (χ3n) is 2.24. The predicted molar refractivity (Wildman–Crippen MR) is 67.4 cm³/mol. The Morgan fingerprint density at radius 2 is 1.93 bits per heavy atom. The minimum Gasteiger partial charge on any atom is -0.325 e. The highest BCUT2D eigenvalue weighted by Crippen LogP contribution is 2.17. The van der Waals surface area contributed by atoms with Crippen molar-refractivity contribution in [3.63, 3.8) is 0 Å². The zero-order valence-corrected chi connectivity index (χ0v) is 10.8. The van der Waals surface area contributed by atoms with Crippen LogP contribution in [0, 0.1) is 12.8 Å². The van der Waals surface area contributed by atoms with Gasteiger partial charge in [-0.1, -0.05) is 48.0 Å². The van der Waals surface area contributed by atoms with Crippen molar-refractivity contribution in [1.82, 2.24) is 0 Å². The quantitative estimate of drug-likeness (QED) is 0.838. The molecule has 3 heteroatoms. The summed E-state index contributed by atoms with van der Waals surface area (Å²) < 4.78 is 0. The number of amides is 1. The molecule has 0 aliphatic rings. The van der Waals surface area contributed by atoms with E-state index in [2.05, 4.69) is 21.2 Å². The van der Waals surface area contributed by atoms with Gasteiger partial charge >= 0.3 is 0 Å². The molecule has 1 aromatic rings. The highest BCUT2D eigenvalue weighted by atomic mass is 79.9. The summed E-state index contributed by atoms with van der Waals surface area (Å²) in [5.74, 6) is 0.299. The second-order valence-corrected chi connectivity index (χ2v) is 4.94. The molecular weight excluding hydrogens is 254 g/mol. The smallest absolute Gasteiger partial charge is 0.238 e. The van der Waals surface area contributed by atoms with E-state index >= 15 is 0 Å². The number of rotatable bonds is 3. The molecule has 2 nitrogen and oxygen atoms in total. The van der Waals surface area contributed by atoms with E-state index in [9.17, 15) is 4.79 Å². The normalized spacial score (nSPS) is 12.6. The molecule has 0 heterocycles. The molecule has 1 rings (SSSR count). The molecule has 0 aliphatic carbocycles. The van der Waals surface area contributed by atoms with Crippen LogP contribution in [0.4, 0.5) is 5.69 Å². The van der Waals surface area contributed by atoms with Crippen LogP contribution in [-0.2, 0) is 4.79 Å². The molecule has 1 atom stereocenters. The van der Waals surface area contributed by atoms with E-state index < -0.39 is 0 Å². The number of hydrogen-bond acceptors (Lipinski definition) is 1. The first kappa shape index (κ1) is 12.2. The molecule has 1 aromatic carbocycles. The minimum absolute atomic E-state index is 0.0132. The van der Waals surface area contributed by atoms with Gasteiger partial charge < -0.3 is 5.32 Å². The van der Waals surface area contributed by atoms with Crippen molar-refractivity contribution < 1.29 is 4.79 Å². The number of carbonyl (C=O) groups excluding carboxylic acids is 1. The molecule has 0 radical (unpaired) electrons. The van der Waals surface area contributed by atoms with Gasteiger partial charge in [-0.3, -0.25) is 4.79 Å². The third-order valence-corrected chi connectivity index (χ3v) is 3.71. The maximum Gasteiger partial charge on any atom is 0.238 e. The second-order valence-electron chi connectivity index (χ2n) is 3.95. The standard InChI is InChI=1S/C12H16BrNO/c1-8(2)11(13)12(15)14-10-7-5-4-6-9(10)3/h4-8,11H,1-3H3,(H,14,15). The maximum atomic E-state index is 11.7. The Labute approximate surface area is 99.2 Å². The summed E-state index contributed by atoms with van der Waals surface area (Å²) >= 11 is 3.38. The fourth-order valence-corrected chi connectivity index (χ4v) is 1.33. The Balaban J connectivity index is 2.71. The van der Waals surface area contributed by atoms with E-state index in [0.717, 1.165) is 11.3 Å². The molecule has 1 amide bonds. The summed E-state index contributed by atoms with van der Waals surface area (Å²) in [5, 5.41) is 2.91. The molecule has 0 aromatic heterocycles. The van der Waals surface area contributed by atoms with Gasteiger partial charge in [-0.05, 0) is 24.5 Å². The van der Waals surface area contributed by atoms with Crippen molar-refractivity contribution in [3.8, 4) is 0 Å². The lowest BCUT2D eigenvalue weighted by atomic mass is 10.1. The SMILES string of the molecule is Cc1ccccc1NC(=O)C(Br)C(C)C. The monoisotopic (exact) mass is 269 g/mol. The number of aryl methyl sites for hydroxylation is 1. The van der Waals surface area contributed by atoms with Crippen LogP contribution in [0.2, 0.25) is 0 Å². The molecule has 0 saturated heterocycles. The Morgan fingerprint density at radius 3 is 2.47 bits per heavy atom. The average molecular weight is 270 g/mol. The maximum absolute atomic E-state index is 11.7. The van der Waals surface area contributed by atoms with Crippen molar-refractivity contribution in [2.24, 2.45) is 5.92 Å². The van der Waals surface area contributed by atoms with Crippen LogP contribution >= 0.6 is 15.9 Å². The van der Waals surface area contributed by atoms with E-state index in [1.807, 2.05) is 45.0 Å². The fraction of sp³-hybridized carbons (Fsp3) is 0.417. The highest BCUT2D eigenvalue weighted by molar-refractivity contribution is 9.10. The third kappa shape index (κ3) is 3.34. The predicted octanol–water partition coefficient (Wildman–Crippen LogP) is 3.35. The van der Waals surface area contributed by atoms with E-state index in [1.54, 1.807) is 0 Å². The largest absolute Gasteiger partial charge is 0.325 e. The molecule has 0 aliphatic heterocycles. The first-order valence-corrected chi connectivity index (χ1v) is 5.94. The van der Waals surface area contributed by atoms with E-state index in [4.69, 9.17) is 0 Å². The van der Waals surface area contributed by atoms with Crippen LogP contribution in [0.15, 0.2) is 24.3 Å². The van der Waals surface area contributed by atoms with E-state index in [-0.39, 0.29) is 16.7 Å². The number of benzene rings is 1. The van der Waals surface area contributed by atoms with Crippen molar-refractivity contribution in [2.45, 2.75) is 25.6 Å². The first-order valence-electron chi connectivity index (χ1n) is 5.03. The van der Waals surface area contributed by atoms with Crippen LogP contribution in [0.1, 0.15) is 19.4 Å². The molecular formula is C12H16BrNO. The molecule has 82 valence electrons. The fourth-order valence-electron chi connectivity index (χ4n) is 1.22. The molecule has 1 unspecified atom stereocenters. The van der Waals surface area contributed by atoms with Gasteiger partial charge in [0.15, 0.2) is 0 Å². The number of para-hydroxylation sites is 1. The molecule has 0 spiro atoms. The van der Waals surface area contributed by atoms with Crippen molar-refractivity contribution in [2.75, 3.05) is 5.32 Å². The summed E-state index contributed by atoms with van der Waals surface area (Å²) in [7, 11) is 0. The van der Waals surface area contributed by atoms with Crippen LogP contribution < -0.4 is 5.32 Å². The molecule has 0 fully saturated rings. The highest BCUT2D eigenvalue weighted by Gasteiger charge is 2.18. The summed E-state index contributed by atoms with van der Waals surface area (Å²) in [4.78, 5) is 11.6. The lowest BCUT2D eigenvalue weighted by Crippen LogP contribution is -2.27. The van der Waals surface area contributed by atoms with Gasteiger partial charge in [-0.2, -0.15) is 0 Å². The van der Waals surface area contributed by atoms with Gasteiger partial charge in [0.25, 0.3) is 0 Å². The van der Waals surface area contributed by atoms with Gasteiger partial charge in [0, 0.05) is 5.69 Å². The summed E-state index contributed by atoms with van der Waals surface area (Å²) in [5.41, 5.74) is 1.96. The lowest BCUT2D eigenvalue weighted by molar-refractivity contribution is -0.116. The van der Waals surface area contributed by atoms with Gasteiger partial charge in [-0.15, -0.1) is 0 Å². The Kier molecular flexibility index (Phi) is 4.33. The van der Waals surface area contributed by atoms with Crippen molar-refractivity contribution in [3.05, 3.63) is 29.8 Å². The number of anilines is 1. The van der Waals surface area contributed by atoms with Crippen molar-refractivity contribution in [1.29, 1.82) is 0 Å². The molecule has 0 bridgehead atoms. The summed E-state index contributed by atoms with van der Waals surface area (Å²) in [6.07, 6.45) is 0. The Hall–Kier alpha value is -0.830. The Bertz CT molecular complexity index is 349. The van der Waals surface area contributed by atoms with Gasteiger partial charge in [0.1, 0.15) is 0 Å². The van der Waals surface area contributed by atoms with Crippen molar-refractivity contribution >= 4 is 27.5 Å². The number of hydrogen-bond donors (Lipinski definition) is 1. The molecule has 15 heavy (non-hydrogen) atoms. The minimum atomic E-state index is -0.142. The second kappa shape index (κ2) is 5.31. The molecule has 1 N–H and O–H groups in total. The average Bonchev–Trinajstić information content (AvgIpc) is 2.20. The molecule has 0 saturated carbocycles. The first-order chi connectivity index (χ1) is 7.02. The van der Waals surface area contributed by atoms with E-state index in [1.165, 1.54) is 0 Å². The van der Waals surface area contributed by atoms with Crippen LogP contribution in [0.3, 0.4) is 0 Å². The Morgan fingerprint density at radius 1 is 1.33 bits per heavy atom. The van der Waals surface area contributed by atoms with Gasteiger partial charge in [-0.25, -0.2) is 0 Å². The van der Waals surface area contributed by atoms with Gasteiger partial charge in [0.05, 0.1) is 4.83 Å². The summed E-state index contributed by atoms with van der Waals surface area (Å²) in [6.45, 7) is 6.00. The zero-order chi connectivity index (χ0) is 11.4. The van der Waals surface area contributed by atoms with E-state index in [0.29, 0.717) is 0 Å². The topological polar surface area (TPSA) is 29.1 Å². The number of carbonyl (C=O) groups is 1. The number of halogens is 1. The lowest BCUT2D eigenvalue weighted by Gasteiger charge is -2.14. The van der Waals surface area contributed by atoms with Crippen LogP contribution in [0.25, 0.3) is 0 Å². The van der Waals surface area contributed by atoms with Crippen LogP contribution in [-0.4, -0.2) is 10.7 Å². The zero-order valence-electron chi connectivity index (χ0n) is 9.25. The number of alkyl halides is 1. The summed E-state index contributed by atoms with van der Waals surface area (Å²) in [6, 6.07) is 7.77.